The summed E-state index contributed by atoms with van der Waals surface area (Å²) in [5.41, 5.74) is 0.696. The molecule has 5 nitrogen and oxygen atoms in total. The first-order valence-electron chi connectivity index (χ1n) is 5.81. The summed E-state index contributed by atoms with van der Waals surface area (Å²) in [7, 11) is 0. The summed E-state index contributed by atoms with van der Waals surface area (Å²) in [6.07, 6.45) is 0. The molecule has 0 aliphatic carbocycles. The number of carbonyl (C=O) groups excluding carboxylic acids is 1. The summed E-state index contributed by atoms with van der Waals surface area (Å²) in [5.74, 6) is -0.529. The number of rotatable bonds is 3. The molecule has 0 aromatic heterocycles. The maximum absolute atomic E-state index is 12.0. The Kier molecular flexibility index (Phi) is 4.45. The molecule has 0 bridgehead atoms. The van der Waals surface area contributed by atoms with Crippen molar-refractivity contribution in [1.82, 2.24) is 0 Å². The fourth-order valence-electron chi connectivity index (χ4n) is 1.63. The number of benzene rings is 2. The predicted octanol–water partition coefficient (Wildman–Crippen LogP) is 4.43. The number of nitrogens with zero attached hydrogens (tertiary/aromatic N) is 1. The summed E-state index contributed by atoms with van der Waals surface area (Å²) in [5, 5.41) is 10.8. The molecule has 0 N–H and O–H groups in total. The Labute approximate surface area is 130 Å². The molecule has 2 rings (SSSR count). The monoisotopic (exact) mass is 325 g/mol. The number of hydrogen-bond donors (Lipinski definition) is 0. The maximum atomic E-state index is 12.0. The van der Waals surface area contributed by atoms with Crippen molar-refractivity contribution in [3.05, 3.63) is 67.7 Å². The standard InChI is InChI=1S/C14H9Cl2NO4/c1-8-2-5-11(15)13(6-8)21-14(18)10-4-3-9(17(19)20)7-12(10)16/h2-7H,1H3. The smallest absolute Gasteiger partial charge is 0.345 e. The molecule has 0 heterocycles. The number of non-ortho nitro benzene ring substituents is 1. The van der Waals surface area contributed by atoms with Crippen LogP contribution < -0.4 is 4.74 Å². The first kappa shape index (κ1) is 15.3. The van der Waals surface area contributed by atoms with Crippen LogP contribution in [0, 0.1) is 17.0 Å². The third-order valence-corrected chi connectivity index (χ3v) is 3.30. The second-order valence-corrected chi connectivity index (χ2v) is 5.06. The molecule has 21 heavy (non-hydrogen) atoms. The zero-order valence-electron chi connectivity index (χ0n) is 10.8. The van der Waals surface area contributed by atoms with E-state index >= 15 is 0 Å². The Bertz CT molecular complexity index is 731. The molecule has 0 saturated heterocycles. The van der Waals surface area contributed by atoms with Gasteiger partial charge in [0.05, 0.1) is 20.5 Å². The minimum Gasteiger partial charge on any atom is -0.421 e. The summed E-state index contributed by atoms with van der Waals surface area (Å²) < 4.78 is 5.17. The fourth-order valence-corrected chi connectivity index (χ4v) is 2.03. The maximum Gasteiger partial charge on any atom is 0.345 e. The third-order valence-electron chi connectivity index (χ3n) is 2.67. The number of nitro groups is 1. The second-order valence-electron chi connectivity index (χ2n) is 4.24. The van der Waals surface area contributed by atoms with E-state index in [2.05, 4.69) is 0 Å². The number of esters is 1. The largest absolute Gasteiger partial charge is 0.421 e. The van der Waals surface area contributed by atoms with Crippen LogP contribution in [0.15, 0.2) is 36.4 Å². The van der Waals surface area contributed by atoms with Crippen LogP contribution in [0.4, 0.5) is 5.69 Å². The van der Waals surface area contributed by atoms with E-state index in [1.807, 2.05) is 6.92 Å². The Morgan fingerprint density at radius 2 is 1.86 bits per heavy atom. The highest BCUT2D eigenvalue weighted by Crippen LogP contribution is 2.28. The van der Waals surface area contributed by atoms with Gasteiger partial charge >= 0.3 is 5.97 Å². The third kappa shape index (κ3) is 3.51. The van der Waals surface area contributed by atoms with E-state index in [0.29, 0.717) is 0 Å². The van der Waals surface area contributed by atoms with Gasteiger partial charge in [0.2, 0.25) is 0 Å². The quantitative estimate of drug-likeness (QED) is 0.362. The van der Waals surface area contributed by atoms with Crippen LogP contribution in [0.5, 0.6) is 5.75 Å². The molecule has 0 amide bonds. The molecule has 7 heteroatoms. The van der Waals surface area contributed by atoms with E-state index in [0.717, 1.165) is 11.6 Å². The number of carbonyl (C=O) groups is 1. The fraction of sp³-hybridized carbons (Fsp3) is 0.0714. The van der Waals surface area contributed by atoms with Gasteiger partial charge in [0.1, 0.15) is 5.75 Å². The summed E-state index contributed by atoms with van der Waals surface area (Å²) in [6.45, 7) is 1.83. The molecule has 0 aliphatic heterocycles. The lowest BCUT2D eigenvalue weighted by Crippen LogP contribution is -2.09. The molecular weight excluding hydrogens is 317 g/mol. The van der Waals surface area contributed by atoms with Crippen LogP contribution in [-0.2, 0) is 0 Å². The lowest BCUT2D eigenvalue weighted by Gasteiger charge is -2.08. The zero-order valence-corrected chi connectivity index (χ0v) is 12.3. The molecule has 0 saturated carbocycles. The summed E-state index contributed by atoms with van der Waals surface area (Å²) in [6, 6.07) is 8.51. The first-order chi connectivity index (χ1) is 9.88. The molecule has 0 spiro atoms. The van der Waals surface area contributed by atoms with E-state index in [4.69, 9.17) is 27.9 Å². The lowest BCUT2D eigenvalue weighted by molar-refractivity contribution is -0.384. The number of hydrogen-bond acceptors (Lipinski definition) is 4. The second kappa shape index (κ2) is 6.11. The lowest BCUT2D eigenvalue weighted by atomic mass is 10.2. The highest BCUT2D eigenvalue weighted by atomic mass is 35.5. The van der Waals surface area contributed by atoms with E-state index in [1.54, 1.807) is 18.2 Å². The van der Waals surface area contributed by atoms with Gasteiger partial charge in [-0.2, -0.15) is 0 Å². The molecule has 0 unspecified atom stereocenters. The van der Waals surface area contributed by atoms with Gasteiger partial charge in [-0.1, -0.05) is 29.3 Å². The van der Waals surface area contributed by atoms with Crippen molar-refractivity contribution in [2.45, 2.75) is 6.92 Å². The van der Waals surface area contributed by atoms with Gasteiger partial charge in [-0.3, -0.25) is 10.1 Å². The highest BCUT2D eigenvalue weighted by Gasteiger charge is 2.17. The van der Waals surface area contributed by atoms with Crippen LogP contribution in [0.1, 0.15) is 15.9 Å². The number of halogens is 2. The van der Waals surface area contributed by atoms with Crippen molar-refractivity contribution in [3.8, 4) is 5.75 Å². The van der Waals surface area contributed by atoms with E-state index in [9.17, 15) is 14.9 Å². The SMILES string of the molecule is Cc1ccc(Cl)c(OC(=O)c2ccc([N+](=O)[O-])cc2Cl)c1. The molecule has 0 fully saturated rings. The van der Waals surface area contributed by atoms with Crippen LogP contribution in [-0.4, -0.2) is 10.9 Å². The molecule has 0 atom stereocenters. The molecule has 0 aliphatic rings. The van der Waals surface area contributed by atoms with Gasteiger partial charge in [-0.05, 0) is 30.7 Å². The summed E-state index contributed by atoms with van der Waals surface area (Å²) >= 11 is 11.8. The van der Waals surface area contributed by atoms with Crippen molar-refractivity contribution in [2.75, 3.05) is 0 Å². The van der Waals surface area contributed by atoms with E-state index in [-0.39, 0.29) is 27.0 Å². The van der Waals surface area contributed by atoms with E-state index in [1.165, 1.54) is 12.1 Å². The van der Waals surface area contributed by atoms with Crippen molar-refractivity contribution in [2.24, 2.45) is 0 Å². The van der Waals surface area contributed by atoms with Crippen LogP contribution >= 0.6 is 23.2 Å². The van der Waals surface area contributed by atoms with Gasteiger partial charge in [0, 0.05) is 12.1 Å². The van der Waals surface area contributed by atoms with Crippen LogP contribution in [0.2, 0.25) is 10.0 Å². The zero-order chi connectivity index (χ0) is 15.6. The highest BCUT2D eigenvalue weighted by molar-refractivity contribution is 6.34. The van der Waals surface area contributed by atoms with Crippen molar-refractivity contribution >= 4 is 34.9 Å². The Morgan fingerprint density at radius 1 is 1.14 bits per heavy atom. The molecule has 108 valence electrons. The summed E-state index contributed by atoms with van der Waals surface area (Å²) in [4.78, 5) is 22.1. The normalized spacial score (nSPS) is 10.2. The van der Waals surface area contributed by atoms with Gasteiger partial charge < -0.3 is 4.74 Å². The minimum atomic E-state index is -0.734. The number of nitro benzene ring substituents is 1. The van der Waals surface area contributed by atoms with Gasteiger partial charge in [0.15, 0.2) is 0 Å². The Morgan fingerprint density at radius 3 is 2.48 bits per heavy atom. The topological polar surface area (TPSA) is 69.4 Å². The first-order valence-corrected chi connectivity index (χ1v) is 6.56. The molecular formula is C14H9Cl2NO4. The number of aryl methyl sites for hydroxylation is 1. The average molecular weight is 326 g/mol. The molecule has 2 aromatic rings. The van der Waals surface area contributed by atoms with Gasteiger partial charge in [-0.15, -0.1) is 0 Å². The van der Waals surface area contributed by atoms with Crippen molar-refractivity contribution < 1.29 is 14.5 Å². The Balaban J connectivity index is 2.28. The number of ether oxygens (including phenoxy) is 1. The molecule has 2 aromatic carbocycles. The van der Waals surface area contributed by atoms with E-state index < -0.39 is 10.9 Å². The van der Waals surface area contributed by atoms with Crippen molar-refractivity contribution in [1.29, 1.82) is 0 Å². The Hall–Kier alpha value is -2.11. The van der Waals surface area contributed by atoms with Gasteiger partial charge in [0.25, 0.3) is 5.69 Å². The predicted molar refractivity (Wildman–Crippen MR) is 79.3 cm³/mol. The van der Waals surface area contributed by atoms with Crippen LogP contribution in [0.3, 0.4) is 0 Å². The average Bonchev–Trinajstić information content (AvgIpc) is 2.42. The molecule has 0 radical (unpaired) electrons. The van der Waals surface area contributed by atoms with Crippen molar-refractivity contribution in [3.63, 3.8) is 0 Å². The van der Waals surface area contributed by atoms with Gasteiger partial charge in [-0.25, -0.2) is 4.79 Å². The van der Waals surface area contributed by atoms with Crippen LogP contribution in [0.25, 0.3) is 0 Å². The minimum absolute atomic E-state index is 0.0276.